The van der Waals surface area contributed by atoms with Crippen molar-refractivity contribution < 1.29 is 4.74 Å². The van der Waals surface area contributed by atoms with E-state index in [-0.39, 0.29) is 0 Å². The van der Waals surface area contributed by atoms with Crippen LogP contribution in [0.5, 0.6) is 0 Å². The third-order valence-corrected chi connectivity index (χ3v) is 2.87. The van der Waals surface area contributed by atoms with E-state index >= 15 is 0 Å². The molecule has 0 unspecified atom stereocenters. The maximum Gasteiger partial charge on any atom is 0.0594 e. The molecular weight excluding hydrogens is 212 g/mol. The molecule has 0 aromatic heterocycles. The number of rotatable bonds is 1. The van der Waals surface area contributed by atoms with E-state index in [9.17, 15) is 0 Å². The van der Waals surface area contributed by atoms with Crippen molar-refractivity contribution in [1.29, 1.82) is 0 Å². The number of ether oxygens (including phenoxy) is 1. The van der Waals surface area contributed by atoms with Gasteiger partial charge in [-0.1, -0.05) is 34.1 Å². The molecular formula is C14H32N2O. The first kappa shape index (κ1) is 16.9. The predicted octanol–water partition coefficient (Wildman–Crippen LogP) is 2.51. The first-order chi connectivity index (χ1) is 8.38. The van der Waals surface area contributed by atoms with Crippen molar-refractivity contribution in [1.82, 2.24) is 10.2 Å². The van der Waals surface area contributed by atoms with E-state index in [1.807, 2.05) is 13.8 Å². The van der Waals surface area contributed by atoms with E-state index in [4.69, 9.17) is 4.74 Å². The summed E-state index contributed by atoms with van der Waals surface area (Å²) in [6.07, 6.45) is 3.89. The van der Waals surface area contributed by atoms with Gasteiger partial charge in [0.2, 0.25) is 0 Å². The van der Waals surface area contributed by atoms with Crippen LogP contribution in [-0.2, 0) is 4.74 Å². The number of morpholine rings is 1. The van der Waals surface area contributed by atoms with Crippen LogP contribution < -0.4 is 5.32 Å². The van der Waals surface area contributed by atoms with Crippen LogP contribution in [0.4, 0.5) is 0 Å². The third kappa shape index (κ3) is 7.74. The van der Waals surface area contributed by atoms with Crippen LogP contribution in [0.15, 0.2) is 0 Å². The lowest BCUT2D eigenvalue weighted by Gasteiger charge is -2.36. The van der Waals surface area contributed by atoms with Gasteiger partial charge in [0.1, 0.15) is 0 Å². The van der Waals surface area contributed by atoms with E-state index in [1.165, 1.54) is 32.4 Å². The second-order valence-corrected chi connectivity index (χ2v) is 4.34. The normalized spacial score (nSPS) is 21.9. The van der Waals surface area contributed by atoms with Crippen molar-refractivity contribution in [3.8, 4) is 0 Å². The van der Waals surface area contributed by atoms with Crippen LogP contribution in [0.1, 0.15) is 47.0 Å². The Morgan fingerprint density at radius 2 is 1.53 bits per heavy atom. The highest BCUT2D eigenvalue weighted by Crippen LogP contribution is 2.12. The van der Waals surface area contributed by atoms with Crippen molar-refractivity contribution in [3.05, 3.63) is 0 Å². The van der Waals surface area contributed by atoms with E-state index in [0.29, 0.717) is 0 Å². The van der Waals surface area contributed by atoms with Crippen molar-refractivity contribution in [2.45, 2.75) is 53.0 Å². The highest BCUT2D eigenvalue weighted by atomic mass is 16.5. The maximum absolute atomic E-state index is 5.33. The molecule has 2 aliphatic rings. The molecule has 2 heterocycles. The molecule has 104 valence electrons. The molecule has 0 spiro atoms. The summed E-state index contributed by atoms with van der Waals surface area (Å²) in [6, 6.07) is 0.829. The van der Waals surface area contributed by atoms with E-state index in [0.717, 1.165) is 32.3 Å². The van der Waals surface area contributed by atoms with Crippen LogP contribution in [0, 0.1) is 0 Å². The summed E-state index contributed by atoms with van der Waals surface area (Å²) in [7, 11) is 0. The molecule has 3 nitrogen and oxygen atoms in total. The predicted molar refractivity (Wildman–Crippen MR) is 75.6 cm³/mol. The molecule has 0 atom stereocenters. The molecule has 0 aliphatic carbocycles. The lowest BCUT2D eigenvalue weighted by atomic mass is 10.0. The molecule has 0 radical (unpaired) electrons. The van der Waals surface area contributed by atoms with Crippen molar-refractivity contribution >= 4 is 0 Å². The van der Waals surface area contributed by atoms with Gasteiger partial charge in [-0.15, -0.1) is 0 Å². The number of nitrogens with zero attached hydrogens (tertiary/aromatic N) is 1. The fourth-order valence-electron chi connectivity index (χ4n) is 2.11. The zero-order valence-electron chi connectivity index (χ0n) is 12.3. The molecule has 0 saturated carbocycles. The van der Waals surface area contributed by atoms with Crippen LogP contribution >= 0.6 is 0 Å². The van der Waals surface area contributed by atoms with Gasteiger partial charge < -0.3 is 10.1 Å². The van der Waals surface area contributed by atoms with E-state index in [2.05, 4.69) is 24.1 Å². The van der Waals surface area contributed by atoms with Gasteiger partial charge in [-0.05, 0) is 25.9 Å². The summed E-state index contributed by atoms with van der Waals surface area (Å²) in [5.41, 5.74) is 0. The van der Waals surface area contributed by atoms with Crippen LogP contribution in [0.3, 0.4) is 0 Å². The molecule has 0 aromatic carbocycles. The van der Waals surface area contributed by atoms with Gasteiger partial charge in [-0.25, -0.2) is 0 Å². The molecule has 0 aromatic rings. The highest BCUT2D eigenvalue weighted by Gasteiger charge is 2.21. The first-order valence-corrected chi connectivity index (χ1v) is 7.41. The fourth-order valence-corrected chi connectivity index (χ4v) is 2.11. The van der Waals surface area contributed by atoms with E-state index < -0.39 is 0 Å². The minimum atomic E-state index is 0.829. The molecule has 0 amide bonds. The van der Waals surface area contributed by atoms with Crippen LogP contribution in [0.25, 0.3) is 0 Å². The zero-order valence-corrected chi connectivity index (χ0v) is 12.3. The molecule has 1 N–H and O–H groups in total. The molecule has 2 fully saturated rings. The van der Waals surface area contributed by atoms with Gasteiger partial charge in [-0.3, -0.25) is 4.90 Å². The topological polar surface area (TPSA) is 24.5 Å². The lowest BCUT2D eigenvalue weighted by molar-refractivity contribution is 0.0101. The van der Waals surface area contributed by atoms with Crippen LogP contribution in [0.2, 0.25) is 0 Å². The van der Waals surface area contributed by atoms with Crippen molar-refractivity contribution in [3.63, 3.8) is 0 Å². The Bertz CT molecular complexity index is 125. The Morgan fingerprint density at radius 1 is 1.06 bits per heavy atom. The number of hydrogen-bond donors (Lipinski definition) is 1. The summed E-state index contributed by atoms with van der Waals surface area (Å²) in [4.78, 5) is 2.59. The molecule has 17 heavy (non-hydrogen) atoms. The standard InChI is InChI=1S/C9H18N2O.C3H8.C2H6/c1-3-10-4-2-9(1)11-5-7-12-8-6-11;1-3-2;1-2/h9-10H,1-8H2;3H2,1-2H3;1-2H3. The van der Waals surface area contributed by atoms with Gasteiger partial charge in [0.05, 0.1) is 13.2 Å². The Hall–Kier alpha value is -0.120. The van der Waals surface area contributed by atoms with Crippen LogP contribution in [-0.4, -0.2) is 50.3 Å². The van der Waals surface area contributed by atoms with Crippen molar-refractivity contribution in [2.75, 3.05) is 39.4 Å². The summed E-state index contributed by atoms with van der Waals surface area (Å²) >= 11 is 0. The Labute approximate surface area is 108 Å². The number of piperidine rings is 1. The van der Waals surface area contributed by atoms with Gasteiger partial charge in [-0.2, -0.15) is 0 Å². The average Bonchev–Trinajstić information content (AvgIpc) is 2.44. The largest absolute Gasteiger partial charge is 0.379 e. The SMILES string of the molecule is C1CC(N2CCOCC2)CCN1.CC.CCC. The average molecular weight is 244 g/mol. The molecule has 3 heteroatoms. The summed E-state index contributed by atoms with van der Waals surface area (Å²) < 4.78 is 5.33. The molecule has 2 saturated heterocycles. The summed E-state index contributed by atoms with van der Waals surface area (Å²) in [6.45, 7) is 14.8. The molecule has 2 rings (SSSR count). The lowest BCUT2D eigenvalue weighted by Crippen LogP contribution is -2.47. The summed E-state index contributed by atoms with van der Waals surface area (Å²) in [5.74, 6) is 0. The van der Waals surface area contributed by atoms with Gasteiger partial charge in [0.25, 0.3) is 0 Å². The molecule has 2 aliphatic heterocycles. The first-order valence-electron chi connectivity index (χ1n) is 7.41. The smallest absolute Gasteiger partial charge is 0.0594 e. The van der Waals surface area contributed by atoms with E-state index in [1.54, 1.807) is 0 Å². The Kier molecular flexibility index (Phi) is 12.3. The maximum atomic E-state index is 5.33. The Morgan fingerprint density at radius 3 is 2.00 bits per heavy atom. The van der Waals surface area contributed by atoms with Crippen molar-refractivity contribution in [2.24, 2.45) is 0 Å². The quantitative estimate of drug-likeness (QED) is 0.767. The van der Waals surface area contributed by atoms with Gasteiger partial charge >= 0.3 is 0 Å². The Balaban J connectivity index is 0.000000450. The second-order valence-electron chi connectivity index (χ2n) is 4.34. The monoisotopic (exact) mass is 244 g/mol. The zero-order chi connectivity index (χ0) is 12.9. The third-order valence-electron chi connectivity index (χ3n) is 2.87. The number of hydrogen-bond acceptors (Lipinski definition) is 3. The molecule has 0 bridgehead atoms. The number of nitrogens with one attached hydrogen (secondary N) is 1. The minimum absolute atomic E-state index is 0.829. The summed E-state index contributed by atoms with van der Waals surface area (Å²) in [5, 5.41) is 3.40. The van der Waals surface area contributed by atoms with Gasteiger partial charge in [0.15, 0.2) is 0 Å². The minimum Gasteiger partial charge on any atom is -0.379 e. The van der Waals surface area contributed by atoms with Gasteiger partial charge in [0, 0.05) is 19.1 Å². The fraction of sp³-hybridized carbons (Fsp3) is 1.00. The second kappa shape index (κ2) is 12.3. The highest BCUT2D eigenvalue weighted by molar-refractivity contribution is 4.78.